The largest absolute Gasteiger partial charge is 0.465 e. The molecule has 0 aliphatic heterocycles. The lowest BCUT2D eigenvalue weighted by Gasteiger charge is -2.34. The molecule has 0 N–H and O–H groups in total. The maximum absolute atomic E-state index is 12.7. The van der Waals surface area contributed by atoms with Crippen molar-refractivity contribution in [2.45, 2.75) is 92.9 Å². The molecule has 4 nitrogen and oxygen atoms in total. The molecule has 0 aromatic heterocycles. The lowest BCUT2D eigenvalue weighted by molar-refractivity contribution is -0.157. The van der Waals surface area contributed by atoms with E-state index in [0.29, 0.717) is 25.6 Å². The highest BCUT2D eigenvalue weighted by Crippen LogP contribution is 2.39. The standard InChI is InChI=1S/C23H42O4/c1-17(2)15-26-21(24)12-20(22(25)27-16-18(3)4)14-23(5,6)13-19-10-8-7-9-11-19/h17-20H,7-16H2,1-6H3. The number of carbonyl (C=O) groups is 2. The molecule has 0 bridgehead atoms. The summed E-state index contributed by atoms with van der Waals surface area (Å²) in [6, 6.07) is 0. The van der Waals surface area contributed by atoms with Crippen LogP contribution in [0.4, 0.5) is 0 Å². The van der Waals surface area contributed by atoms with Crippen LogP contribution in [-0.4, -0.2) is 25.2 Å². The van der Waals surface area contributed by atoms with Gasteiger partial charge in [0, 0.05) is 0 Å². The van der Waals surface area contributed by atoms with Gasteiger partial charge in [0.1, 0.15) is 0 Å². The summed E-state index contributed by atoms with van der Waals surface area (Å²) < 4.78 is 10.8. The van der Waals surface area contributed by atoms with Crippen LogP contribution in [-0.2, 0) is 19.1 Å². The molecule has 0 amide bonds. The molecular formula is C23H42O4. The van der Waals surface area contributed by atoms with Crippen molar-refractivity contribution in [2.75, 3.05) is 13.2 Å². The Bertz CT molecular complexity index is 447. The third-order valence-electron chi connectivity index (χ3n) is 5.25. The van der Waals surface area contributed by atoms with Crippen molar-refractivity contribution >= 4 is 11.9 Å². The maximum Gasteiger partial charge on any atom is 0.309 e. The Morgan fingerprint density at radius 2 is 1.48 bits per heavy atom. The van der Waals surface area contributed by atoms with Gasteiger partial charge < -0.3 is 9.47 Å². The molecule has 1 saturated carbocycles. The van der Waals surface area contributed by atoms with E-state index in [1.54, 1.807) is 0 Å². The number of hydrogen-bond acceptors (Lipinski definition) is 4. The average molecular weight is 383 g/mol. The van der Waals surface area contributed by atoms with Crippen molar-refractivity contribution in [2.24, 2.45) is 29.1 Å². The van der Waals surface area contributed by atoms with Gasteiger partial charge in [-0.25, -0.2) is 0 Å². The SMILES string of the molecule is CC(C)COC(=O)CC(CC(C)(C)CC1CCCCC1)C(=O)OCC(C)C. The zero-order valence-corrected chi connectivity index (χ0v) is 18.5. The minimum Gasteiger partial charge on any atom is -0.465 e. The van der Waals surface area contributed by atoms with Crippen molar-refractivity contribution in [1.29, 1.82) is 0 Å². The lowest BCUT2D eigenvalue weighted by Crippen LogP contribution is -2.30. The van der Waals surface area contributed by atoms with Gasteiger partial charge >= 0.3 is 11.9 Å². The second-order valence-electron chi connectivity index (χ2n) is 10.1. The summed E-state index contributed by atoms with van der Waals surface area (Å²) in [6.07, 6.45) is 8.49. The second-order valence-corrected chi connectivity index (χ2v) is 10.1. The second kappa shape index (κ2) is 11.7. The van der Waals surface area contributed by atoms with Gasteiger partial charge in [-0.15, -0.1) is 0 Å². The van der Waals surface area contributed by atoms with Gasteiger partial charge in [0.2, 0.25) is 0 Å². The summed E-state index contributed by atoms with van der Waals surface area (Å²) in [6.45, 7) is 13.3. The first kappa shape index (κ1) is 24.0. The van der Waals surface area contributed by atoms with E-state index in [1.165, 1.54) is 32.1 Å². The van der Waals surface area contributed by atoms with E-state index in [0.717, 1.165) is 12.3 Å². The Morgan fingerprint density at radius 3 is 2.04 bits per heavy atom. The van der Waals surface area contributed by atoms with Crippen LogP contribution in [0.3, 0.4) is 0 Å². The average Bonchev–Trinajstić information content (AvgIpc) is 2.57. The van der Waals surface area contributed by atoms with E-state index in [1.807, 2.05) is 27.7 Å². The molecule has 1 rings (SSSR count). The van der Waals surface area contributed by atoms with Gasteiger partial charge in [0.15, 0.2) is 0 Å². The fourth-order valence-corrected chi connectivity index (χ4v) is 4.05. The van der Waals surface area contributed by atoms with E-state index in [-0.39, 0.29) is 29.7 Å². The molecular weight excluding hydrogens is 340 g/mol. The van der Waals surface area contributed by atoms with Gasteiger partial charge in [-0.3, -0.25) is 9.59 Å². The van der Waals surface area contributed by atoms with Crippen LogP contribution in [0.1, 0.15) is 92.9 Å². The molecule has 0 radical (unpaired) electrons. The van der Waals surface area contributed by atoms with Crippen LogP contribution in [0.2, 0.25) is 0 Å². The first-order valence-corrected chi connectivity index (χ1v) is 10.9. The molecule has 0 spiro atoms. The number of ether oxygens (including phenoxy) is 2. The minimum absolute atomic E-state index is 0.0157. The fourth-order valence-electron chi connectivity index (χ4n) is 4.05. The predicted molar refractivity (Wildman–Crippen MR) is 109 cm³/mol. The molecule has 1 aliphatic carbocycles. The molecule has 1 atom stereocenters. The van der Waals surface area contributed by atoms with Crippen LogP contribution in [0, 0.1) is 29.1 Å². The number of esters is 2. The lowest BCUT2D eigenvalue weighted by atomic mass is 9.72. The predicted octanol–water partition coefficient (Wildman–Crippen LogP) is 5.78. The van der Waals surface area contributed by atoms with Crippen LogP contribution in [0.5, 0.6) is 0 Å². The molecule has 1 aliphatic rings. The molecule has 158 valence electrons. The minimum atomic E-state index is -0.415. The molecule has 0 aromatic carbocycles. The highest BCUT2D eigenvalue weighted by molar-refractivity contribution is 5.80. The van der Waals surface area contributed by atoms with Crippen molar-refractivity contribution < 1.29 is 19.1 Å². The Kier molecular flexibility index (Phi) is 10.4. The van der Waals surface area contributed by atoms with Gasteiger partial charge in [-0.2, -0.15) is 0 Å². The van der Waals surface area contributed by atoms with Gasteiger partial charge in [0.05, 0.1) is 25.6 Å². The van der Waals surface area contributed by atoms with Crippen molar-refractivity contribution in [1.82, 2.24) is 0 Å². The van der Waals surface area contributed by atoms with E-state index in [4.69, 9.17) is 9.47 Å². The van der Waals surface area contributed by atoms with Gasteiger partial charge in [0.25, 0.3) is 0 Å². The molecule has 0 aromatic rings. The Morgan fingerprint density at radius 1 is 0.926 bits per heavy atom. The smallest absolute Gasteiger partial charge is 0.309 e. The number of rotatable bonds is 11. The van der Waals surface area contributed by atoms with Crippen molar-refractivity contribution in [3.8, 4) is 0 Å². The quantitative estimate of drug-likeness (QED) is 0.425. The zero-order chi connectivity index (χ0) is 20.4. The van der Waals surface area contributed by atoms with E-state index in [2.05, 4.69) is 13.8 Å². The molecule has 4 heteroatoms. The molecule has 1 unspecified atom stereocenters. The van der Waals surface area contributed by atoms with Crippen LogP contribution >= 0.6 is 0 Å². The Hall–Kier alpha value is -1.06. The summed E-state index contributed by atoms with van der Waals surface area (Å²) in [5.74, 6) is 0.377. The van der Waals surface area contributed by atoms with Crippen molar-refractivity contribution in [3.63, 3.8) is 0 Å². The molecule has 0 heterocycles. The third-order valence-corrected chi connectivity index (χ3v) is 5.25. The maximum atomic E-state index is 12.7. The van der Waals surface area contributed by atoms with E-state index < -0.39 is 5.92 Å². The number of carbonyl (C=O) groups excluding carboxylic acids is 2. The summed E-state index contributed by atoms with van der Waals surface area (Å²) in [4.78, 5) is 24.9. The van der Waals surface area contributed by atoms with E-state index in [9.17, 15) is 9.59 Å². The highest BCUT2D eigenvalue weighted by atomic mass is 16.5. The first-order chi connectivity index (χ1) is 12.6. The fraction of sp³-hybridized carbons (Fsp3) is 0.913. The van der Waals surface area contributed by atoms with Gasteiger partial charge in [-0.1, -0.05) is 73.6 Å². The third kappa shape index (κ3) is 10.8. The van der Waals surface area contributed by atoms with Crippen molar-refractivity contribution in [3.05, 3.63) is 0 Å². The summed E-state index contributed by atoms with van der Waals surface area (Å²) >= 11 is 0. The Balaban J connectivity index is 2.69. The molecule has 0 saturated heterocycles. The zero-order valence-electron chi connectivity index (χ0n) is 18.5. The van der Waals surface area contributed by atoms with Crippen LogP contribution in [0.25, 0.3) is 0 Å². The molecule has 27 heavy (non-hydrogen) atoms. The van der Waals surface area contributed by atoms with E-state index >= 15 is 0 Å². The summed E-state index contributed by atoms with van der Waals surface area (Å²) in [7, 11) is 0. The summed E-state index contributed by atoms with van der Waals surface area (Å²) in [5.41, 5.74) is 0.0157. The topological polar surface area (TPSA) is 52.6 Å². The van der Waals surface area contributed by atoms with Crippen LogP contribution < -0.4 is 0 Å². The molecule has 1 fully saturated rings. The first-order valence-electron chi connectivity index (χ1n) is 10.9. The highest BCUT2D eigenvalue weighted by Gasteiger charge is 2.33. The number of hydrogen-bond donors (Lipinski definition) is 0. The normalized spacial score (nSPS) is 17.2. The van der Waals surface area contributed by atoms with Gasteiger partial charge in [-0.05, 0) is 36.0 Å². The monoisotopic (exact) mass is 382 g/mol. The Labute approximate surface area is 166 Å². The summed E-state index contributed by atoms with van der Waals surface area (Å²) in [5, 5.41) is 0. The van der Waals surface area contributed by atoms with Crippen LogP contribution in [0.15, 0.2) is 0 Å².